The number of para-hydroxylation sites is 1. The van der Waals surface area contributed by atoms with Crippen molar-refractivity contribution in [2.24, 2.45) is 23.7 Å². The van der Waals surface area contributed by atoms with E-state index < -0.39 is 6.10 Å². The first kappa shape index (κ1) is 16.9. The highest BCUT2D eigenvalue weighted by molar-refractivity contribution is 5.80. The van der Waals surface area contributed by atoms with Crippen LogP contribution in [0.4, 0.5) is 0 Å². The number of rotatable bonds is 6. The molecular formula is C21H29NO3. The zero-order valence-corrected chi connectivity index (χ0v) is 15.2. The molecule has 1 N–H and O–H groups in total. The molecule has 1 aromatic carbocycles. The molecule has 4 heteroatoms. The van der Waals surface area contributed by atoms with Crippen molar-refractivity contribution in [3.05, 3.63) is 30.3 Å². The second kappa shape index (κ2) is 6.64. The van der Waals surface area contributed by atoms with Gasteiger partial charge in [-0.05, 0) is 74.8 Å². The monoisotopic (exact) mass is 343 g/mol. The van der Waals surface area contributed by atoms with Crippen LogP contribution in [0.1, 0.15) is 39.0 Å². The number of carbonyl (C=O) groups is 1. The van der Waals surface area contributed by atoms with Crippen molar-refractivity contribution < 1.29 is 14.3 Å². The molecule has 1 amide bonds. The summed E-state index contributed by atoms with van der Waals surface area (Å²) in [6.45, 7) is 2.41. The summed E-state index contributed by atoms with van der Waals surface area (Å²) in [7, 11) is 1.83. The SMILES string of the molecule is COC1(CNC(=O)C(C)Oc2ccccc2)C2CC3CC(C2)CC1C3. The van der Waals surface area contributed by atoms with Gasteiger partial charge in [-0.1, -0.05) is 18.2 Å². The summed E-state index contributed by atoms with van der Waals surface area (Å²) in [5, 5.41) is 3.13. The maximum absolute atomic E-state index is 12.5. The van der Waals surface area contributed by atoms with Gasteiger partial charge in [0.1, 0.15) is 5.75 Å². The quantitative estimate of drug-likeness (QED) is 0.861. The van der Waals surface area contributed by atoms with Crippen LogP contribution in [0.25, 0.3) is 0 Å². The van der Waals surface area contributed by atoms with Gasteiger partial charge < -0.3 is 14.8 Å². The van der Waals surface area contributed by atoms with Crippen LogP contribution < -0.4 is 10.1 Å². The predicted octanol–water partition coefficient (Wildman–Crippen LogP) is 3.41. The van der Waals surface area contributed by atoms with Gasteiger partial charge in [0.15, 0.2) is 6.10 Å². The fourth-order valence-electron chi connectivity index (χ4n) is 5.80. The first-order chi connectivity index (χ1) is 12.1. The van der Waals surface area contributed by atoms with Gasteiger partial charge in [0, 0.05) is 13.7 Å². The highest BCUT2D eigenvalue weighted by atomic mass is 16.5. The molecule has 0 spiro atoms. The number of ether oxygens (including phenoxy) is 2. The van der Waals surface area contributed by atoms with E-state index in [1.807, 2.05) is 37.4 Å². The second-order valence-electron chi connectivity index (χ2n) is 8.25. The molecule has 4 aliphatic carbocycles. The molecule has 0 heterocycles. The number of amides is 1. The first-order valence-corrected chi connectivity index (χ1v) is 9.65. The number of nitrogens with one attached hydrogen (secondary N) is 1. The molecule has 0 aromatic heterocycles. The molecule has 5 rings (SSSR count). The summed E-state index contributed by atoms with van der Waals surface area (Å²) in [5.41, 5.74) is -0.171. The molecular weight excluding hydrogens is 314 g/mol. The largest absolute Gasteiger partial charge is 0.481 e. The Kier molecular flexibility index (Phi) is 4.48. The zero-order chi connectivity index (χ0) is 17.4. The molecule has 1 unspecified atom stereocenters. The fourth-order valence-corrected chi connectivity index (χ4v) is 5.80. The Bertz CT molecular complexity index is 587. The van der Waals surface area contributed by atoms with Crippen molar-refractivity contribution >= 4 is 5.91 Å². The Morgan fingerprint density at radius 2 is 1.72 bits per heavy atom. The lowest BCUT2D eigenvalue weighted by atomic mass is 9.49. The highest BCUT2D eigenvalue weighted by Crippen LogP contribution is 2.59. The van der Waals surface area contributed by atoms with Crippen molar-refractivity contribution in [1.82, 2.24) is 5.32 Å². The Hall–Kier alpha value is -1.55. The van der Waals surface area contributed by atoms with E-state index in [-0.39, 0.29) is 11.5 Å². The third-order valence-corrected chi connectivity index (χ3v) is 6.86. The normalized spacial score (nSPS) is 36.9. The fraction of sp³-hybridized carbons (Fsp3) is 0.667. The summed E-state index contributed by atoms with van der Waals surface area (Å²) < 4.78 is 11.9. The summed E-state index contributed by atoms with van der Waals surface area (Å²) in [5.74, 6) is 3.64. The summed E-state index contributed by atoms with van der Waals surface area (Å²) in [6, 6.07) is 9.51. The number of benzene rings is 1. The zero-order valence-electron chi connectivity index (χ0n) is 15.2. The number of carbonyl (C=O) groups excluding carboxylic acids is 1. The third kappa shape index (κ3) is 3.05. The molecule has 4 nitrogen and oxygen atoms in total. The molecule has 1 aromatic rings. The van der Waals surface area contributed by atoms with Crippen LogP contribution >= 0.6 is 0 Å². The van der Waals surface area contributed by atoms with Crippen LogP contribution in [-0.4, -0.2) is 31.3 Å². The molecule has 4 fully saturated rings. The molecule has 0 radical (unpaired) electrons. The second-order valence-corrected chi connectivity index (χ2v) is 8.25. The van der Waals surface area contributed by atoms with E-state index in [9.17, 15) is 4.79 Å². The summed E-state index contributed by atoms with van der Waals surface area (Å²) in [4.78, 5) is 12.5. The van der Waals surface area contributed by atoms with Gasteiger partial charge in [-0.3, -0.25) is 4.79 Å². The van der Waals surface area contributed by atoms with E-state index in [2.05, 4.69) is 5.32 Å². The Morgan fingerprint density at radius 1 is 1.12 bits per heavy atom. The minimum absolute atomic E-state index is 0.0610. The maximum atomic E-state index is 12.5. The van der Waals surface area contributed by atoms with Gasteiger partial charge >= 0.3 is 0 Å². The average molecular weight is 343 g/mol. The Balaban J connectivity index is 1.38. The molecule has 25 heavy (non-hydrogen) atoms. The molecule has 1 atom stereocenters. The van der Waals surface area contributed by atoms with Crippen LogP contribution in [0.2, 0.25) is 0 Å². The molecule has 136 valence electrons. The first-order valence-electron chi connectivity index (χ1n) is 9.65. The summed E-state index contributed by atoms with van der Waals surface area (Å²) >= 11 is 0. The van der Waals surface area contributed by atoms with Crippen LogP contribution in [0.3, 0.4) is 0 Å². The Labute approximate surface area is 150 Å². The summed E-state index contributed by atoms with van der Waals surface area (Å²) in [6.07, 6.45) is 5.99. The van der Waals surface area contributed by atoms with Gasteiger partial charge in [0.2, 0.25) is 0 Å². The number of hydrogen-bond acceptors (Lipinski definition) is 3. The Morgan fingerprint density at radius 3 is 2.28 bits per heavy atom. The molecule has 4 bridgehead atoms. The highest BCUT2D eigenvalue weighted by Gasteiger charge is 2.57. The molecule has 0 saturated heterocycles. The van der Waals surface area contributed by atoms with Crippen molar-refractivity contribution in [2.75, 3.05) is 13.7 Å². The van der Waals surface area contributed by atoms with Gasteiger partial charge in [0.25, 0.3) is 5.91 Å². The maximum Gasteiger partial charge on any atom is 0.260 e. The van der Waals surface area contributed by atoms with E-state index in [0.717, 1.165) is 17.6 Å². The van der Waals surface area contributed by atoms with Gasteiger partial charge in [0.05, 0.1) is 5.60 Å². The minimum atomic E-state index is -0.506. The van der Waals surface area contributed by atoms with Crippen molar-refractivity contribution in [2.45, 2.75) is 50.7 Å². The lowest BCUT2D eigenvalue weighted by Crippen LogP contribution is -2.63. The van der Waals surface area contributed by atoms with Crippen LogP contribution in [-0.2, 0) is 9.53 Å². The smallest absolute Gasteiger partial charge is 0.260 e. The van der Waals surface area contributed by atoms with E-state index >= 15 is 0 Å². The van der Waals surface area contributed by atoms with Crippen LogP contribution in [0.15, 0.2) is 30.3 Å². The predicted molar refractivity (Wildman–Crippen MR) is 96.3 cm³/mol. The standard InChI is InChI=1S/C21H29NO3/c1-14(25-19-6-4-3-5-7-19)20(23)22-13-21(24-2)17-9-15-8-16(11-17)12-18(21)10-15/h3-7,14-18H,8-13H2,1-2H3,(H,22,23). The lowest BCUT2D eigenvalue weighted by molar-refractivity contribution is -0.188. The molecule has 0 aliphatic heterocycles. The third-order valence-electron chi connectivity index (χ3n) is 6.86. The minimum Gasteiger partial charge on any atom is -0.481 e. The van der Waals surface area contributed by atoms with Gasteiger partial charge in [-0.15, -0.1) is 0 Å². The topological polar surface area (TPSA) is 47.6 Å². The van der Waals surface area contributed by atoms with Crippen LogP contribution in [0, 0.1) is 23.7 Å². The average Bonchev–Trinajstić information content (AvgIpc) is 2.62. The molecule has 4 aliphatic rings. The van der Waals surface area contributed by atoms with Crippen LogP contribution in [0.5, 0.6) is 5.75 Å². The van der Waals surface area contributed by atoms with E-state index in [1.54, 1.807) is 6.92 Å². The van der Waals surface area contributed by atoms with E-state index in [0.29, 0.717) is 18.4 Å². The molecule has 4 saturated carbocycles. The number of hydrogen-bond donors (Lipinski definition) is 1. The van der Waals surface area contributed by atoms with Gasteiger partial charge in [-0.25, -0.2) is 0 Å². The van der Waals surface area contributed by atoms with Crippen molar-refractivity contribution in [3.8, 4) is 5.75 Å². The lowest BCUT2D eigenvalue weighted by Gasteiger charge is -2.60. The van der Waals surface area contributed by atoms with E-state index in [1.165, 1.54) is 32.1 Å². The number of methoxy groups -OCH3 is 1. The van der Waals surface area contributed by atoms with E-state index in [4.69, 9.17) is 9.47 Å². The van der Waals surface area contributed by atoms with Crippen molar-refractivity contribution in [1.29, 1.82) is 0 Å². The van der Waals surface area contributed by atoms with Crippen molar-refractivity contribution in [3.63, 3.8) is 0 Å². The van der Waals surface area contributed by atoms with Gasteiger partial charge in [-0.2, -0.15) is 0 Å².